The number of amides is 1. The Hall–Kier alpha value is -2.14. The number of H-pyrrole nitrogens is 1. The summed E-state index contributed by atoms with van der Waals surface area (Å²) in [6.45, 7) is 3.53. The summed E-state index contributed by atoms with van der Waals surface area (Å²) in [5.74, 6) is 0.482. The molecule has 5 nitrogen and oxygen atoms in total. The highest BCUT2D eigenvalue weighted by Gasteiger charge is 2.32. The maximum Gasteiger partial charge on any atom is 0.255 e. The highest BCUT2D eigenvalue weighted by atomic mass is 16.1. The van der Waals surface area contributed by atoms with E-state index in [0.29, 0.717) is 18.5 Å². The molecule has 0 saturated heterocycles. The Morgan fingerprint density at radius 2 is 2.08 bits per heavy atom. The van der Waals surface area contributed by atoms with Crippen molar-refractivity contribution in [1.82, 2.24) is 20.4 Å². The number of nitrogens with one attached hydrogen (secondary N) is 2. The summed E-state index contributed by atoms with van der Waals surface area (Å²) in [5, 5.41) is 10.5. The van der Waals surface area contributed by atoms with Gasteiger partial charge in [0.1, 0.15) is 0 Å². The second-order valence-electron chi connectivity index (χ2n) is 7.13. The monoisotopic (exact) mass is 324 g/mol. The van der Waals surface area contributed by atoms with Crippen LogP contribution in [-0.2, 0) is 13.0 Å². The first-order chi connectivity index (χ1) is 11.6. The van der Waals surface area contributed by atoms with Gasteiger partial charge < -0.3 is 5.32 Å². The van der Waals surface area contributed by atoms with E-state index in [2.05, 4.69) is 51.7 Å². The third-order valence-corrected chi connectivity index (χ3v) is 5.28. The van der Waals surface area contributed by atoms with Gasteiger partial charge in [0.2, 0.25) is 0 Å². The molecule has 24 heavy (non-hydrogen) atoms. The van der Waals surface area contributed by atoms with E-state index in [1.54, 1.807) is 0 Å². The fourth-order valence-corrected chi connectivity index (χ4v) is 3.63. The van der Waals surface area contributed by atoms with Gasteiger partial charge >= 0.3 is 0 Å². The average molecular weight is 324 g/mol. The molecule has 1 atom stereocenters. The lowest BCUT2D eigenvalue weighted by atomic mass is 9.94. The van der Waals surface area contributed by atoms with Crippen LogP contribution >= 0.6 is 0 Å². The van der Waals surface area contributed by atoms with Crippen molar-refractivity contribution in [2.75, 3.05) is 13.6 Å². The Morgan fingerprint density at radius 1 is 1.33 bits per heavy atom. The molecule has 0 bridgehead atoms. The second kappa shape index (κ2) is 6.06. The van der Waals surface area contributed by atoms with Crippen LogP contribution in [0.4, 0.5) is 0 Å². The summed E-state index contributed by atoms with van der Waals surface area (Å²) >= 11 is 0. The second-order valence-corrected chi connectivity index (χ2v) is 7.13. The third kappa shape index (κ3) is 2.84. The van der Waals surface area contributed by atoms with Gasteiger partial charge in [0.05, 0.1) is 11.3 Å². The normalized spacial score (nSPS) is 20.7. The van der Waals surface area contributed by atoms with Gasteiger partial charge in [-0.1, -0.05) is 24.3 Å². The number of aromatic amines is 1. The molecule has 2 aromatic rings. The fourth-order valence-electron chi connectivity index (χ4n) is 3.63. The molecule has 2 heterocycles. The third-order valence-electron chi connectivity index (χ3n) is 5.28. The molecule has 4 rings (SSSR count). The van der Waals surface area contributed by atoms with Crippen LogP contribution in [-0.4, -0.2) is 40.6 Å². The number of hydrogen-bond donors (Lipinski definition) is 2. The van der Waals surface area contributed by atoms with Crippen LogP contribution in [0.25, 0.3) is 0 Å². The van der Waals surface area contributed by atoms with E-state index in [4.69, 9.17) is 0 Å². The molecule has 2 N–H and O–H groups in total. The molecule has 126 valence electrons. The SMILES string of the molecule is Cc1[nH]nc(C2CC2)c1C(=O)NC[C@H]1Cc2ccccc2CN1C. The zero-order valence-corrected chi connectivity index (χ0v) is 14.3. The lowest BCUT2D eigenvalue weighted by Crippen LogP contribution is -2.45. The van der Waals surface area contributed by atoms with Crippen LogP contribution in [0.2, 0.25) is 0 Å². The molecular formula is C19H24N4O. The molecule has 1 aliphatic carbocycles. The van der Waals surface area contributed by atoms with E-state index in [1.807, 2.05) is 6.92 Å². The van der Waals surface area contributed by atoms with Crippen LogP contribution in [0.5, 0.6) is 0 Å². The van der Waals surface area contributed by atoms with E-state index in [9.17, 15) is 4.79 Å². The summed E-state index contributed by atoms with van der Waals surface area (Å²) in [6.07, 6.45) is 3.27. The van der Waals surface area contributed by atoms with Gasteiger partial charge in [0.25, 0.3) is 5.91 Å². The molecule has 1 aromatic carbocycles. The largest absolute Gasteiger partial charge is 0.350 e. The first kappa shape index (κ1) is 15.4. The van der Waals surface area contributed by atoms with E-state index in [-0.39, 0.29) is 5.91 Å². The quantitative estimate of drug-likeness (QED) is 0.908. The van der Waals surface area contributed by atoms with Crippen LogP contribution in [0.1, 0.15) is 51.6 Å². The van der Waals surface area contributed by atoms with Crippen molar-refractivity contribution < 1.29 is 4.79 Å². The number of aryl methyl sites for hydroxylation is 1. The predicted molar refractivity (Wildman–Crippen MR) is 93.0 cm³/mol. The predicted octanol–water partition coefficient (Wildman–Crippen LogP) is 2.38. The molecule has 1 fully saturated rings. The molecule has 1 aromatic heterocycles. The van der Waals surface area contributed by atoms with Gasteiger partial charge in [0.15, 0.2) is 0 Å². The van der Waals surface area contributed by atoms with E-state index < -0.39 is 0 Å². The lowest BCUT2D eigenvalue weighted by Gasteiger charge is -2.34. The van der Waals surface area contributed by atoms with Crippen molar-refractivity contribution in [2.45, 2.75) is 44.7 Å². The molecule has 2 aliphatic rings. The molecular weight excluding hydrogens is 300 g/mol. The molecule has 1 saturated carbocycles. The Labute approximate surface area is 142 Å². The molecule has 1 amide bonds. The number of benzene rings is 1. The minimum Gasteiger partial charge on any atom is -0.350 e. The molecule has 5 heteroatoms. The maximum absolute atomic E-state index is 12.7. The number of hydrogen-bond acceptors (Lipinski definition) is 3. The average Bonchev–Trinajstić information content (AvgIpc) is 3.35. The summed E-state index contributed by atoms with van der Waals surface area (Å²) < 4.78 is 0. The fraction of sp³-hybridized carbons (Fsp3) is 0.474. The molecule has 1 aliphatic heterocycles. The van der Waals surface area contributed by atoms with Gasteiger partial charge in [-0.3, -0.25) is 14.8 Å². The van der Waals surface area contributed by atoms with Crippen LogP contribution in [0.15, 0.2) is 24.3 Å². The zero-order chi connectivity index (χ0) is 16.7. The van der Waals surface area contributed by atoms with Crippen molar-refractivity contribution in [3.8, 4) is 0 Å². The zero-order valence-electron chi connectivity index (χ0n) is 14.3. The topological polar surface area (TPSA) is 61.0 Å². The van der Waals surface area contributed by atoms with Crippen molar-refractivity contribution in [1.29, 1.82) is 0 Å². The van der Waals surface area contributed by atoms with E-state index >= 15 is 0 Å². The number of nitrogens with zero attached hydrogens (tertiary/aromatic N) is 2. The lowest BCUT2D eigenvalue weighted by molar-refractivity contribution is 0.0933. The smallest absolute Gasteiger partial charge is 0.255 e. The first-order valence-corrected chi connectivity index (χ1v) is 8.73. The Morgan fingerprint density at radius 3 is 2.83 bits per heavy atom. The summed E-state index contributed by atoms with van der Waals surface area (Å²) in [4.78, 5) is 15.0. The number of carbonyl (C=O) groups excluding carboxylic acids is 1. The van der Waals surface area contributed by atoms with Gasteiger partial charge in [-0.05, 0) is 44.4 Å². The standard InChI is InChI=1S/C19H24N4O/c1-12-17(18(22-21-12)13-7-8-13)19(24)20-10-16-9-14-5-3-4-6-15(14)11-23(16)2/h3-6,13,16H,7-11H2,1-2H3,(H,20,24)(H,21,22)/t16-/m1/s1. The Bertz CT molecular complexity index is 762. The van der Waals surface area contributed by atoms with E-state index in [0.717, 1.165) is 42.8 Å². The Kier molecular flexibility index (Phi) is 3.88. The van der Waals surface area contributed by atoms with E-state index in [1.165, 1.54) is 11.1 Å². The van der Waals surface area contributed by atoms with Crippen LogP contribution in [0.3, 0.4) is 0 Å². The van der Waals surface area contributed by atoms with Crippen molar-refractivity contribution in [2.24, 2.45) is 0 Å². The highest BCUT2D eigenvalue weighted by molar-refractivity contribution is 5.96. The van der Waals surface area contributed by atoms with Crippen LogP contribution < -0.4 is 5.32 Å². The number of fused-ring (bicyclic) bond motifs is 1. The highest BCUT2D eigenvalue weighted by Crippen LogP contribution is 2.41. The van der Waals surface area contributed by atoms with Crippen molar-refractivity contribution >= 4 is 5.91 Å². The minimum absolute atomic E-state index is 0.00964. The van der Waals surface area contributed by atoms with Gasteiger partial charge in [-0.15, -0.1) is 0 Å². The molecule has 0 radical (unpaired) electrons. The van der Waals surface area contributed by atoms with Gasteiger partial charge in [-0.25, -0.2) is 0 Å². The summed E-state index contributed by atoms with van der Waals surface area (Å²) in [5.41, 5.74) is 5.37. The molecule has 0 unspecified atom stereocenters. The Balaban J connectivity index is 1.44. The first-order valence-electron chi connectivity index (χ1n) is 8.73. The molecule has 0 spiro atoms. The summed E-state index contributed by atoms with van der Waals surface area (Å²) in [7, 11) is 2.13. The van der Waals surface area contributed by atoms with Gasteiger partial charge in [0, 0.05) is 30.7 Å². The van der Waals surface area contributed by atoms with Crippen molar-refractivity contribution in [3.63, 3.8) is 0 Å². The number of aromatic nitrogens is 2. The summed E-state index contributed by atoms with van der Waals surface area (Å²) in [6, 6.07) is 8.91. The van der Waals surface area contributed by atoms with Crippen molar-refractivity contribution in [3.05, 3.63) is 52.3 Å². The number of rotatable bonds is 4. The van der Waals surface area contributed by atoms with Crippen LogP contribution in [0, 0.1) is 6.92 Å². The number of likely N-dealkylation sites (N-methyl/N-ethyl adjacent to an activating group) is 1. The van der Waals surface area contributed by atoms with Gasteiger partial charge in [-0.2, -0.15) is 5.10 Å². The number of carbonyl (C=O) groups is 1. The minimum atomic E-state index is 0.00964. The maximum atomic E-state index is 12.7.